The Morgan fingerprint density at radius 1 is 1.30 bits per heavy atom. The Kier molecular flexibility index (Phi) is 4.77. The molecule has 0 amide bonds. The molecule has 3 N–H and O–H groups in total. The largest absolute Gasteiger partial charge is 0.497 e. The molecule has 0 saturated carbocycles. The van der Waals surface area contributed by atoms with E-state index >= 15 is 0 Å². The Hall–Kier alpha value is -1.84. The summed E-state index contributed by atoms with van der Waals surface area (Å²) in [6.45, 7) is 4.16. The standard InChI is InChI=1S/C17H22N2O/c1-12(2)9-15(19-18)10-14-6-4-5-13-7-8-16(20-3)11-17(13)14/h4-9,11,15,19H,10,18H2,1-3H3. The molecule has 2 rings (SSSR count). The Bertz CT molecular complexity index is 615. The number of allylic oxidation sites excluding steroid dienone is 1. The van der Waals surface area contributed by atoms with Crippen LogP contribution in [0.5, 0.6) is 5.75 Å². The van der Waals surface area contributed by atoms with Crippen LogP contribution in [0.1, 0.15) is 19.4 Å². The Morgan fingerprint density at radius 2 is 2.10 bits per heavy atom. The molecule has 2 aromatic carbocycles. The van der Waals surface area contributed by atoms with E-state index in [0.717, 1.165) is 12.2 Å². The van der Waals surface area contributed by atoms with Gasteiger partial charge >= 0.3 is 0 Å². The molecule has 3 heteroatoms. The SMILES string of the molecule is COc1ccc2cccc(CC(C=C(C)C)NN)c2c1. The highest BCUT2D eigenvalue weighted by Crippen LogP contribution is 2.25. The lowest BCUT2D eigenvalue weighted by Crippen LogP contribution is -2.35. The molecule has 0 saturated heterocycles. The highest BCUT2D eigenvalue weighted by molar-refractivity contribution is 5.87. The zero-order chi connectivity index (χ0) is 14.5. The van der Waals surface area contributed by atoms with Crippen molar-refractivity contribution in [2.45, 2.75) is 26.3 Å². The maximum absolute atomic E-state index is 5.65. The molecule has 0 heterocycles. The van der Waals surface area contributed by atoms with E-state index in [1.165, 1.54) is 21.9 Å². The molecule has 0 aliphatic carbocycles. The van der Waals surface area contributed by atoms with Gasteiger partial charge in [-0.25, -0.2) is 0 Å². The molecule has 1 unspecified atom stereocenters. The first-order chi connectivity index (χ1) is 9.63. The summed E-state index contributed by atoms with van der Waals surface area (Å²) in [6.07, 6.45) is 3.01. The number of rotatable bonds is 5. The molecule has 0 bridgehead atoms. The maximum Gasteiger partial charge on any atom is 0.119 e. The predicted octanol–water partition coefficient (Wildman–Crippen LogP) is 3.19. The van der Waals surface area contributed by atoms with Crippen LogP contribution in [0.15, 0.2) is 48.0 Å². The molecular formula is C17H22N2O. The number of nitrogens with two attached hydrogens (primary N) is 1. The van der Waals surface area contributed by atoms with E-state index in [9.17, 15) is 0 Å². The Morgan fingerprint density at radius 3 is 2.75 bits per heavy atom. The minimum atomic E-state index is 0.136. The highest BCUT2D eigenvalue weighted by Gasteiger charge is 2.08. The molecule has 0 radical (unpaired) electrons. The zero-order valence-corrected chi connectivity index (χ0v) is 12.3. The quantitative estimate of drug-likeness (QED) is 0.498. The minimum absolute atomic E-state index is 0.136. The second-order valence-electron chi connectivity index (χ2n) is 5.23. The van der Waals surface area contributed by atoms with Gasteiger partial charge < -0.3 is 4.74 Å². The van der Waals surface area contributed by atoms with Gasteiger partial charge in [0.15, 0.2) is 0 Å². The minimum Gasteiger partial charge on any atom is -0.497 e. The molecule has 3 nitrogen and oxygen atoms in total. The summed E-state index contributed by atoms with van der Waals surface area (Å²) in [5.74, 6) is 6.53. The van der Waals surface area contributed by atoms with E-state index in [1.807, 2.05) is 6.07 Å². The molecule has 0 aliphatic rings. The van der Waals surface area contributed by atoms with Crippen LogP contribution in [-0.2, 0) is 6.42 Å². The average molecular weight is 270 g/mol. The van der Waals surface area contributed by atoms with Gasteiger partial charge in [0.05, 0.1) is 7.11 Å². The van der Waals surface area contributed by atoms with E-state index in [4.69, 9.17) is 10.6 Å². The lowest BCUT2D eigenvalue weighted by Gasteiger charge is -2.15. The van der Waals surface area contributed by atoms with Crippen LogP contribution in [0.3, 0.4) is 0 Å². The molecule has 20 heavy (non-hydrogen) atoms. The van der Waals surface area contributed by atoms with E-state index in [-0.39, 0.29) is 6.04 Å². The van der Waals surface area contributed by atoms with Crippen molar-refractivity contribution in [2.75, 3.05) is 7.11 Å². The number of methoxy groups -OCH3 is 1. The highest BCUT2D eigenvalue weighted by atomic mass is 16.5. The molecule has 1 atom stereocenters. The first-order valence-electron chi connectivity index (χ1n) is 6.81. The summed E-state index contributed by atoms with van der Waals surface area (Å²) in [4.78, 5) is 0. The van der Waals surface area contributed by atoms with Crippen molar-refractivity contribution in [3.8, 4) is 5.75 Å². The summed E-state index contributed by atoms with van der Waals surface area (Å²) in [6, 6.07) is 12.6. The van der Waals surface area contributed by atoms with Crippen LogP contribution in [0.4, 0.5) is 0 Å². The monoisotopic (exact) mass is 270 g/mol. The number of hydrazine groups is 1. The molecule has 0 aliphatic heterocycles. The number of benzene rings is 2. The fourth-order valence-electron chi connectivity index (χ4n) is 2.43. The van der Waals surface area contributed by atoms with Crippen LogP contribution < -0.4 is 16.0 Å². The van der Waals surface area contributed by atoms with Gasteiger partial charge in [-0.3, -0.25) is 11.3 Å². The summed E-state index contributed by atoms with van der Waals surface area (Å²) in [5.41, 5.74) is 5.39. The van der Waals surface area contributed by atoms with Gasteiger partial charge in [0, 0.05) is 6.04 Å². The van der Waals surface area contributed by atoms with Crippen molar-refractivity contribution in [1.82, 2.24) is 5.43 Å². The molecular weight excluding hydrogens is 248 g/mol. The van der Waals surface area contributed by atoms with Gasteiger partial charge in [0.2, 0.25) is 0 Å². The van der Waals surface area contributed by atoms with Crippen LogP contribution in [0, 0.1) is 0 Å². The van der Waals surface area contributed by atoms with E-state index in [1.54, 1.807) is 7.11 Å². The summed E-state index contributed by atoms with van der Waals surface area (Å²) >= 11 is 0. The van der Waals surface area contributed by atoms with E-state index < -0.39 is 0 Å². The Balaban J connectivity index is 2.40. The third kappa shape index (κ3) is 3.38. The fraction of sp³-hybridized carbons (Fsp3) is 0.294. The third-order valence-corrected chi connectivity index (χ3v) is 3.37. The Labute approximate surface area is 120 Å². The average Bonchev–Trinajstić information content (AvgIpc) is 2.45. The van der Waals surface area contributed by atoms with Crippen molar-refractivity contribution < 1.29 is 4.74 Å². The van der Waals surface area contributed by atoms with Crippen LogP contribution in [0.2, 0.25) is 0 Å². The number of ether oxygens (including phenoxy) is 1. The van der Waals surface area contributed by atoms with Gasteiger partial charge in [-0.15, -0.1) is 0 Å². The summed E-state index contributed by atoms with van der Waals surface area (Å²) in [7, 11) is 1.69. The summed E-state index contributed by atoms with van der Waals surface area (Å²) < 4.78 is 5.32. The molecule has 106 valence electrons. The van der Waals surface area contributed by atoms with Gasteiger partial charge in [-0.1, -0.05) is 35.9 Å². The second-order valence-corrected chi connectivity index (χ2v) is 5.23. The molecule has 0 fully saturated rings. The van der Waals surface area contributed by atoms with Gasteiger partial charge in [0.25, 0.3) is 0 Å². The molecule has 0 spiro atoms. The van der Waals surface area contributed by atoms with E-state index in [0.29, 0.717) is 0 Å². The zero-order valence-electron chi connectivity index (χ0n) is 12.3. The van der Waals surface area contributed by atoms with Gasteiger partial charge in [-0.05, 0) is 48.7 Å². The van der Waals surface area contributed by atoms with Crippen LogP contribution in [-0.4, -0.2) is 13.2 Å². The molecule has 0 aromatic heterocycles. The van der Waals surface area contributed by atoms with Gasteiger partial charge in [-0.2, -0.15) is 0 Å². The van der Waals surface area contributed by atoms with Crippen molar-refractivity contribution in [2.24, 2.45) is 5.84 Å². The van der Waals surface area contributed by atoms with Crippen LogP contribution >= 0.6 is 0 Å². The first kappa shape index (κ1) is 14.6. The number of fused-ring (bicyclic) bond motifs is 1. The van der Waals surface area contributed by atoms with Crippen molar-refractivity contribution in [3.05, 3.63) is 53.6 Å². The fourth-order valence-corrected chi connectivity index (χ4v) is 2.43. The van der Waals surface area contributed by atoms with Gasteiger partial charge in [0.1, 0.15) is 5.75 Å². The number of hydrogen-bond acceptors (Lipinski definition) is 3. The molecule has 2 aromatic rings. The van der Waals surface area contributed by atoms with Crippen LogP contribution in [0.25, 0.3) is 10.8 Å². The van der Waals surface area contributed by atoms with E-state index in [2.05, 4.69) is 55.7 Å². The lowest BCUT2D eigenvalue weighted by atomic mass is 9.98. The predicted molar refractivity (Wildman–Crippen MR) is 84.7 cm³/mol. The first-order valence-corrected chi connectivity index (χ1v) is 6.81. The third-order valence-electron chi connectivity index (χ3n) is 3.37. The van der Waals surface area contributed by atoms with Crippen molar-refractivity contribution in [3.63, 3.8) is 0 Å². The van der Waals surface area contributed by atoms with Crippen molar-refractivity contribution >= 4 is 10.8 Å². The lowest BCUT2D eigenvalue weighted by molar-refractivity contribution is 0.415. The summed E-state index contributed by atoms with van der Waals surface area (Å²) in [5, 5.41) is 2.44. The number of hydrogen-bond donors (Lipinski definition) is 2. The van der Waals surface area contributed by atoms with Crippen molar-refractivity contribution in [1.29, 1.82) is 0 Å². The number of nitrogens with one attached hydrogen (secondary N) is 1. The normalized spacial score (nSPS) is 12.2. The second kappa shape index (κ2) is 6.55. The maximum atomic E-state index is 5.65. The topological polar surface area (TPSA) is 47.3 Å². The smallest absolute Gasteiger partial charge is 0.119 e.